The summed E-state index contributed by atoms with van der Waals surface area (Å²) in [4.78, 5) is 19.0. The Bertz CT molecular complexity index is 905. The molecule has 0 bridgehead atoms. The highest BCUT2D eigenvalue weighted by atomic mass is 32.1. The lowest BCUT2D eigenvalue weighted by Gasteiger charge is -2.21. The van der Waals surface area contributed by atoms with Crippen LogP contribution < -0.4 is 5.32 Å². The van der Waals surface area contributed by atoms with Crippen molar-refractivity contribution in [2.75, 3.05) is 13.1 Å². The van der Waals surface area contributed by atoms with E-state index in [0.29, 0.717) is 31.2 Å². The van der Waals surface area contributed by atoms with Crippen LogP contribution in [0.1, 0.15) is 23.4 Å². The van der Waals surface area contributed by atoms with Gasteiger partial charge in [-0.2, -0.15) is 0 Å². The van der Waals surface area contributed by atoms with E-state index < -0.39 is 0 Å². The van der Waals surface area contributed by atoms with Gasteiger partial charge in [0.25, 0.3) is 0 Å². The van der Waals surface area contributed by atoms with Crippen LogP contribution >= 0.6 is 11.3 Å². The predicted octanol–water partition coefficient (Wildman–Crippen LogP) is 3.76. The largest absolute Gasteiger partial charge is 0.355 e. The molecule has 0 aliphatic heterocycles. The smallest absolute Gasteiger partial charge is 0.234 e. The van der Waals surface area contributed by atoms with Crippen LogP contribution in [0.15, 0.2) is 48.5 Å². The Labute approximate surface area is 162 Å². The molecule has 3 aromatic rings. The lowest BCUT2D eigenvalue weighted by atomic mass is 10.2. The number of benzene rings is 2. The van der Waals surface area contributed by atoms with Crippen LogP contribution in [-0.4, -0.2) is 34.9 Å². The Hall–Kier alpha value is -2.31. The molecule has 1 heterocycles. The number of carbonyl (C=O) groups is 1. The van der Waals surface area contributed by atoms with Gasteiger partial charge in [-0.3, -0.25) is 9.69 Å². The van der Waals surface area contributed by atoms with Gasteiger partial charge >= 0.3 is 0 Å². The number of rotatable bonds is 8. The minimum atomic E-state index is -0.209. The Morgan fingerprint density at radius 3 is 2.74 bits per heavy atom. The fraction of sp³-hybridized carbons (Fsp3) is 0.333. The van der Waals surface area contributed by atoms with Crippen molar-refractivity contribution in [1.29, 1.82) is 0 Å². The molecule has 0 radical (unpaired) electrons. The number of amides is 1. The summed E-state index contributed by atoms with van der Waals surface area (Å²) in [7, 11) is 0. The lowest BCUT2D eigenvalue weighted by molar-refractivity contribution is -0.122. The van der Waals surface area contributed by atoms with Gasteiger partial charge in [0.15, 0.2) is 0 Å². The Morgan fingerprint density at radius 2 is 1.96 bits per heavy atom. The van der Waals surface area contributed by atoms with Gasteiger partial charge in [0.05, 0.1) is 21.8 Å². The summed E-state index contributed by atoms with van der Waals surface area (Å²) < 4.78 is 15.1. The van der Waals surface area contributed by atoms with Crippen molar-refractivity contribution >= 4 is 27.5 Å². The molecule has 1 aliphatic rings. The topological polar surface area (TPSA) is 45.2 Å². The van der Waals surface area contributed by atoms with Gasteiger partial charge in [-0.15, -0.1) is 11.3 Å². The SMILES string of the molecule is O=C(CN(Cc1ccccc1F)C1CC1)NCCc1nc2ccccc2s1. The second kappa shape index (κ2) is 8.15. The zero-order chi connectivity index (χ0) is 18.6. The molecular weight excluding hydrogens is 361 g/mol. The predicted molar refractivity (Wildman–Crippen MR) is 106 cm³/mol. The third-order valence-corrected chi connectivity index (χ3v) is 5.84. The lowest BCUT2D eigenvalue weighted by Crippen LogP contribution is -2.39. The maximum absolute atomic E-state index is 13.9. The number of thiazole rings is 1. The number of halogens is 1. The fourth-order valence-corrected chi connectivity index (χ4v) is 4.14. The van der Waals surface area contributed by atoms with E-state index in [4.69, 9.17) is 0 Å². The number of fused-ring (bicyclic) bond motifs is 1. The van der Waals surface area contributed by atoms with E-state index >= 15 is 0 Å². The van der Waals surface area contributed by atoms with Crippen molar-refractivity contribution in [3.63, 3.8) is 0 Å². The van der Waals surface area contributed by atoms with Gasteiger partial charge in [0.2, 0.25) is 5.91 Å². The van der Waals surface area contributed by atoms with Crippen LogP contribution in [0, 0.1) is 5.82 Å². The number of carbonyl (C=O) groups excluding carboxylic acids is 1. The molecule has 1 saturated carbocycles. The zero-order valence-electron chi connectivity index (χ0n) is 15.0. The molecule has 4 rings (SSSR count). The molecule has 0 unspecified atom stereocenters. The number of para-hydroxylation sites is 1. The van der Waals surface area contributed by atoms with Crippen LogP contribution in [-0.2, 0) is 17.8 Å². The number of hydrogen-bond acceptors (Lipinski definition) is 4. The van der Waals surface area contributed by atoms with Crippen molar-refractivity contribution in [2.24, 2.45) is 0 Å². The summed E-state index contributed by atoms with van der Waals surface area (Å²) in [6.07, 6.45) is 2.88. The first-order valence-corrected chi connectivity index (χ1v) is 10.1. The molecule has 1 aliphatic carbocycles. The van der Waals surface area contributed by atoms with Gasteiger partial charge in [0, 0.05) is 31.1 Å². The minimum absolute atomic E-state index is 0.0145. The summed E-state index contributed by atoms with van der Waals surface area (Å²) in [5.41, 5.74) is 1.65. The summed E-state index contributed by atoms with van der Waals surface area (Å²) in [6, 6.07) is 15.2. The quantitative estimate of drug-likeness (QED) is 0.644. The number of hydrogen-bond donors (Lipinski definition) is 1. The Morgan fingerprint density at radius 1 is 1.19 bits per heavy atom. The van der Waals surface area contributed by atoms with E-state index in [1.54, 1.807) is 23.5 Å². The van der Waals surface area contributed by atoms with Crippen molar-refractivity contribution in [1.82, 2.24) is 15.2 Å². The van der Waals surface area contributed by atoms with Crippen LogP contribution in [0.25, 0.3) is 10.2 Å². The zero-order valence-corrected chi connectivity index (χ0v) is 15.8. The second-order valence-corrected chi connectivity index (χ2v) is 8.02. The average molecular weight is 383 g/mol. The molecule has 1 N–H and O–H groups in total. The molecule has 0 atom stereocenters. The average Bonchev–Trinajstić information content (AvgIpc) is 3.42. The van der Waals surface area contributed by atoms with E-state index in [9.17, 15) is 9.18 Å². The fourth-order valence-electron chi connectivity index (χ4n) is 3.18. The first-order valence-electron chi connectivity index (χ1n) is 9.27. The van der Waals surface area contributed by atoms with E-state index in [2.05, 4.69) is 21.3 Å². The van der Waals surface area contributed by atoms with Crippen LogP contribution in [0.5, 0.6) is 0 Å². The Balaban J connectivity index is 1.29. The highest BCUT2D eigenvalue weighted by Crippen LogP contribution is 2.28. The van der Waals surface area contributed by atoms with Crippen LogP contribution in [0.2, 0.25) is 0 Å². The monoisotopic (exact) mass is 383 g/mol. The molecule has 4 nitrogen and oxygen atoms in total. The molecule has 1 fully saturated rings. The van der Waals surface area contributed by atoms with Crippen molar-refractivity contribution in [3.8, 4) is 0 Å². The standard InChI is InChI=1S/C21H22FN3OS/c22-17-6-2-1-5-15(17)13-25(16-9-10-16)14-20(26)23-12-11-21-24-18-7-3-4-8-19(18)27-21/h1-8,16H,9-14H2,(H,23,26). The van der Waals surface area contributed by atoms with E-state index in [-0.39, 0.29) is 11.7 Å². The third-order valence-electron chi connectivity index (χ3n) is 4.74. The Kier molecular flexibility index (Phi) is 5.45. The molecule has 2 aromatic carbocycles. The molecule has 0 spiro atoms. The summed E-state index contributed by atoms with van der Waals surface area (Å²) in [6.45, 7) is 1.35. The third kappa shape index (κ3) is 4.70. The van der Waals surface area contributed by atoms with Gasteiger partial charge in [-0.25, -0.2) is 9.37 Å². The summed E-state index contributed by atoms with van der Waals surface area (Å²) in [5.74, 6) is -0.223. The minimum Gasteiger partial charge on any atom is -0.355 e. The van der Waals surface area contributed by atoms with Crippen LogP contribution in [0.4, 0.5) is 4.39 Å². The molecular formula is C21H22FN3OS. The highest BCUT2D eigenvalue weighted by molar-refractivity contribution is 7.18. The van der Waals surface area contributed by atoms with Crippen molar-refractivity contribution in [2.45, 2.75) is 31.8 Å². The van der Waals surface area contributed by atoms with Gasteiger partial charge in [-0.1, -0.05) is 30.3 Å². The first kappa shape index (κ1) is 18.1. The van der Waals surface area contributed by atoms with E-state index in [1.807, 2.05) is 24.3 Å². The summed E-state index contributed by atoms with van der Waals surface area (Å²) >= 11 is 1.67. The molecule has 6 heteroatoms. The van der Waals surface area contributed by atoms with Crippen molar-refractivity contribution < 1.29 is 9.18 Å². The number of nitrogens with zero attached hydrogens (tertiary/aromatic N) is 2. The van der Waals surface area contributed by atoms with Crippen molar-refractivity contribution in [3.05, 3.63) is 64.9 Å². The molecule has 0 saturated heterocycles. The number of aromatic nitrogens is 1. The van der Waals surface area contributed by atoms with E-state index in [0.717, 1.165) is 29.8 Å². The molecule has 1 amide bonds. The van der Waals surface area contributed by atoms with Crippen LogP contribution in [0.3, 0.4) is 0 Å². The number of nitrogens with one attached hydrogen (secondary N) is 1. The van der Waals surface area contributed by atoms with E-state index in [1.165, 1.54) is 10.8 Å². The van der Waals surface area contributed by atoms with Gasteiger partial charge in [-0.05, 0) is 31.0 Å². The summed E-state index contributed by atoms with van der Waals surface area (Å²) in [5, 5.41) is 4.01. The molecule has 1 aromatic heterocycles. The van der Waals surface area contributed by atoms with Gasteiger partial charge < -0.3 is 5.32 Å². The second-order valence-electron chi connectivity index (χ2n) is 6.90. The van der Waals surface area contributed by atoms with Gasteiger partial charge in [0.1, 0.15) is 5.82 Å². The normalized spacial score (nSPS) is 14.0. The molecule has 140 valence electrons. The highest BCUT2D eigenvalue weighted by Gasteiger charge is 2.30. The molecule has 27 heavy (non-hydrogen) atoms. The maximum Gasteiger partial charge on any atom is 0.234 e. The first-order chi connectivity index (χ1) is 13.2. The maximum atomic E-state index is 13.9.